The number of nitrogens with two attached hydrogens (primary N) is 1. The van der Waals surface area contributed by atoms with Crippen molar-refractivity contribution in [3.05, 3.63) is 0 Å². The minimum Gasteiger partial charge on any atom is -0.388 e. The molecule has 7 heavy (non-hydrogen) atoms. The fourth-order valence-electron chi connectivity index (χ4n) is 0.264. The molecule has 1 aliphatic rings. The number of amidine groups is 1. The van der Waals surface area contributed by atoms with Crippen molar-refractivity contribution in [3.63, 3.8) is 0 Å². The molecule has 0 saturated carbocycles. The standard InChI is InChI=1S/C3H6N4/c1-2(4)5-3-6-7-3/h3H,1H3,(H2,4,5). The second-order valence-electron chi connectivity index (χ2n) is 1.35. The van der Waals surface area contributed by atoms with E-state index in [-0.39, 0.29) is 6.29 Å². The Morgan fingerprint density at radius 1 is 1.71 bits per heavy atom. The molecule has 1 aliphatic heterocycles. The molecule has 0 radical (unpaired) electrons. The van der Waals surface area contributed by atoms with Gasteiger partial charge in [-0.1, -0.05) is 0 Å². The van der Waals surface area contributed by atoms with E-state index in [0.717, 1.165) is 0 Å². The molecule has 0 aliphatic carbocycles. The Bertz CT molecular complexity index is 115. The maximum atomic E-state index is 5.16. The summed E-state index contributed by atoms with van der Waals surface area (Å²) in [5.41, 5.74) is 5.16. The number of hydrogen-bond donors (Lipinski definition) is 1. The third-order valence-corrected chi connectivity index (χ3v) is 0.538. The van der Waals surface area contributed by atoms with Gasteiger partial charge in [0.05, 0.1) is 5.84 Å². The highest BCUT2D eigenvalue weighted by Crippen LogP contribution is 2.09. The Kier molecular flexibility index (Phi) is 0.780. The van der Waals surface area contributed by atoms with E-state index in [1.807, 2.05) is 0 Å². The lowest BCUT2D eigenvalue weighted by molar-refractivity contribution is 0.993. The zero-order valence-electron chi connectivity index (χ0n) is 4.00. The lowest BCUT2D eigenvalue weighted by Crippen LogP contribution is -2.06. The molecule has 1 rings (SSSR count). The van der Waals surface area contributed by atoms with Crippen LogP contribution in [0.4, 0.5) is 0 Å². The van der Waals surface area contributed by atoms with E-state index in [1.165, 1.54) is 0 Å². The minimum atomic E-state index is -0.162. The van der Waals surface area contributed by atoms with Crippen molar-refractivity contribution in [2.75, 3.05) is 0 Å². The van der Waals surface area contributed by atoms with E-state index < -0.39 is 0 Å². The summed E-state index contributed by atoms with van der Waals surface area (Å²) in [6.07, 6.45) is -0.162. The molecule has 0 fully saturated rings. The number of hydrogen-bond acceptors (Lipinski definition) is 3. The van der Waals surface area contributed by atoms with Crippen LogP contribution in [0.25, 0.3) is 0 Å². The average molecular weight is 98.1 g/mol. The maximum absolute atomic E-state index is 5.16. The van der Waals surface area contributed by atoms with Gasteiger partial charge in [0.2, 0.25) is 0 Å². The third kappa shape index (κ3) is 1.30. The summed E-state index contributed by atoms with van der Waals surface area (Å²) in [6, 6.07) is 0. The Morgan fingerprint density at radius 2 is 2.29 bits per heavy atom. The predicted octanol–water partition coefficient (Wildman–Crippen LogP) is 0.113. The Morgan fingerprint density at radius 3 is 2.43 bits per heavy atom. The van der Waals surface area contributed by atoms with Gasteiger partial charge in [-0.05, 0) is 6.92 Å². The fourth-order valence-corrected chi connectivity index (χ4v) is 0.264. The molecular weight excluding hydrogens is 92.1 g/mol. The number of aliphatic imine (C=N–C) groups is 1. The van der Waals surface area contributed by atoms with Gasteiger partial charge >= 0.3 is 0 Å². The summed E-state index contributed by atoms with van der Waals surface area (Å²) in [5.74, 6) is 0.537. The average Bonchev–Trinajstić information content (AvgIpc) is 2.17. The molecule has 0 atom stereocenters. The van der Waals surface area contributed by atoms with E-state index in [4.69, 9.17) is 5.73 Å². The summed E-state index contributed by atoms with van der Waals surface area (Å²) < 4.78 is 0. The highest BCUT2D eigenvalue weighted by atomic mass is 15.5. The van der Waals surface area contributed by atoms with Crippen LogP contribution in [-0.4, -0.2) is 12.1 Å². The van der Waals surface area contributed by atoms with Crippen molar-refractivity contribution >= 4 is 5.84 Å². The Labute approximate surface area is 41.1 Å². The van der Waals surface area contributed by atoms with Crippen LogP contribution in [0, 0.1) is 0 Å². The maximum Gasteiger partial charge on any atom is 0.272 e. The first-order valence-electron chi connectivity index (χ1n) is 1.99. The summed E-state index contributed by atoms with van der Waals surface area (Å²) in [5, 5.41) is 7.00. The predicted molar refractivity (Wildman–Crippen MR) is 25.9 cm³/mol. The van der Waals surface area contributed by atoms with Crippen LogP contribution in [0.5, 0.6) is 0 Å². The van der Waals surface area contributed by atoms with Gasteiger partial charge in [-0.25, -0.2) is 4.99 Å². The van der Waals surface area contributed by atoms with Gasteiger partial charge in [0.1, 0.15) is 0 Å². The highest BCUT2D eigenvalue weighted by Gasteiger charge is 2.11. The van der Waals surface area contributed by atoms with Crippen molar-refractivity contribution in [1.82, 2.24) is 0 Å². The van der Waals surface area contributed by atoms with Crippen LogP contribution in [0.1, 0.15) is 6.92 Å². The minimum absolute atomic E-state index is 0.162. The van der Waals surface area contributed by atoms with Crippen molar-refractivity contribution in [2.24, 2.45) is 21.0 Å². The molecule has 0 aromatic carbocycles. The van der Waals surface area contributed by atoms with Crippen LogP contribution in [0.3, 0.4) is 0 Å². The zero-order chi connectivity index (χ0) is 5.28. The van der Waals surface area contributed by atoms with E-state index >= 15 is 0 Å². The Hall–Kier alpha value is -0.930. The zero-order valence-corrected chi connectivity index (χ0v) is 4.00. The van der Waals surface area contributed by atoms with Crippen molar-refractivity contribution in [2.45, 2.75) is 13.2 Å². The monoisotopic (exact) mass is 98.1 g/mol. The molecule has 4 heteroatoms. The molecule has 0 amide bonds. The molecule has 0 aromatic heterocycles. The molecule has 38 valence electrons. The van der Waals surface area contributed by atoms with Crippen LogP contribution in [0.2, 0.25) is 0 Å². The second-order valence-corrected chi connectivity index (χ2v) is 1.35. The second kappa shape index (κ2) is 1.29. The Balaban J connectivity index is 2.31. The van der Waals surface area contributed by atoms with Gasteiger partial charge in [0, 0.05) is 0 Å². The van der Waals surface area contributed by atoms with E-state index in [1.54, 1.807) is 6.92 Å². The van der Waals surface area contributed by atoms with Gasteiger partial charge in [-0.3, -0.25) is 0 Å². The van der Waals surface area contributed by atoms with E-state index in [0.29, 0.717) is 5.84 Å². The molecule has 1 heterocycles. The van der Waals surface area contributed by atoms with Gasteiger partial charge in [0.25, 0.3) is 6.29 Å². The lowest BCUT2D eigenvalue weighted by atomic mass is 10.7. The molecule has 4 nitrogen and oxygen atoms in total. The third-order valence-electron chi connectivity index (χ3n) is 0.538. The first-order valence-corrected chi connectivity index (χ1v) is 1.99. The number of nitrogens with zero attached hydrogens (tertiary/aromatic N) is 3. The molecule has 0 bridgehead atoms. The molecule has 0 saturated heterocycles. The SMILES string of the molecule is C/C(N)=N\C1N=N1. The van der Waals surface area contributed by atoms with Crippen molar-refractivity contribution < 1.29 is 0 Å². The summed E-state index contributed by atoms with van der Waals surface area (Å²) in [6.45, 7) is 1.71. The highest BCUT2D eigenvalue weighted by molar-refractivity contribution is 5.77. The molecular formula is C3H6N4. The molecule has 2 N–H and O–H groups in total. The normalized spacial score (nSPS) is 20.4. The largest absolute Gasteiger partial charge is 0.388 e. The molecule has 0 aromatic rings. The van der Waals surface area contributed by atoms with E-state index in [9.17, 15) is 0 Å². The van der Waals surface area contributed by atoms with Gasteiger partial charge in [-0.2, -0.15) is 0 Å². The smallest absolute Gasteiger partial charge is 0.272 e. The van der Waals surface area contributed by atoms with Crippen LogP contribution in [-0.2, 0) is 0 Å². The van der Waals surface area contributed by atoms with Gasteiger partial charge in [-0.15, -0.1) is 10.2 Å². The van der Waals surface area contributed by atoms with Crippen molar-refractivity contribution in [1.29, 1.82) is 0 Å². The summed E-state index contributed by atoms with van der Waals surface area (Å²) in [7, 11) is 0. The summed E-state index contributed by atoms with van der Waals surface area (Å²) in [4.78, 5) is 3.75. The van der Waals surface area contributed by atoms with Crippen LogP contribution in [0.15, 0.2) is 15.2 Å². The fraction of sp³-hybridized carbons (Fsp3) is 0.667. The van der Waals surface area contributed by atoms with Crippen LogP contribution < -0.4 is 5.73 Å². The topological polar surface area (TPSA) is 63.1 Å². The lowest BCUT2D eigenvalue weighted by Gasteiger charge is -1.81. The van der Waals surface area contributed by atoms with Crippen LogP contribution >= 0.6 is 0 Å². The van der Waals surface area contributed by atoms with Gasteiger partial charge < -0.3 is 5.73 Å². The molecule has 0 unspecified atom stereocenters. The first kappa shape index (κ1) is 4.23. The van der Waals surface area contributed by atoms with E-state index in [2.05, 4.69) is 15.2 Å². The summed E-state index contributed by atoms with van der Waals surface area (Å²) >= 11 is 0. The quantitative estimate of drug-likeness (QED) is 0.367. The van der Waals surface area contributed by atoms with Gasteiger partial charge in [0.15, 0.2) is 0 Å². The first-order chi connectivity index (χ1) is 3.29. The number of rotatable bonds is 1. The molecule has 0 spiro atoms. The van der Waals surface area contributed by atoms with Crippen molar-refractivity contribution in [3.8, 4) is 0 Å².